The summed E-state index contributed by atoms with van der Waals surface area (Å²) in [6.45, 7) is 3.27. The first-order valence-electron chi connectivity index (χ1n) is 8.02. The summed E-state index contributed by atoms with van der Waals surface area (Å²) >= 11 is 9.35. The van der Waals surface area contributed by atoms with Crippen molar-refractivity contribution in [2.24, 2.45) is 0 Å². The molecule has 3 aromatic rings. The second kappa shape index (κ2) is 8.42. The van der Waals surface area contributed by atoms with Crippen LogP contribution in [-0.2, 0) is 19.7 Å². The Morgan fingerprint density at radius 1 is 1.38 bits per heavy atom. The maximum Gasteiger partial charge on any atom is 0.287 e. The lowest BCUT2D eigenvalue weighted by Gasteiger charge is -2.07. The van der Waals surface area contributed by atoms with E-state index in [1.807, 2.05) is 11.6 Å². The van der Waals surface area contributed by atoms with Crippen molar-refractivity contribution in [1.82, 2.24) is 15.1 Å². The molecule has 1 aromatic carbocycles. The third-order valence-electron chi connectivity index (χ3n) is 3.68. The lowest BCUT2D eigenvalue weighted by atomic mass is 10.3. The third kappa shape index (κ3) is 4.47. The van der Waals surface area contributed by atoms with Gasteiger partial charge in [0.25, 0.3) is 5.91 Å². The Balaban J connectivity index is 1.56. The summed E-state index contributed by atoms with van der Waals surface area (Å²) in [4.78, 5) is 12.3. The molecule has 136 valence electrons. The van der Waals surface area contributed by atoms with E-state index in [1.54, 1.807) is 42.6 Å². The Kier molecular flexibility index (Phi) is 6.00. The van der Waals surface area contributed by atoms with Crippen molar-refractivity contribution in [2.75, 3.05) is 0 Å². The fourth-order valence-corrected chi connectivity index (χ4v) is 2.99. The Labute approximate surface area is 164 Å². The number of hydrogen-bond acceptors (Lipinski definition) is 4. The zero-order chi connectivity index (χ0) is 18.5. The van der Waals surface area contributed by atoms with Crippen molar-refractivity contribution >= 4 is 33.4 Å². The van der Waals surface area contributed by atoms with E-state index in [1.165, 1.54) is 0 Å². The molecule has 0 saturated heterocycles. The predicted octanol–water partition coefficient (Wildman–Crippen LogP) is 4.42. The van der Waals surface area contributed by atoms with Gasteiger partial charge in [-0.1, -0.05) is 17.7 Å². The highest BCUT2D eigenvalue weighted by Gasteiger charge is 2.14. The molecular formula is C18H17BrClN3O3. The second-order valence-corrected chi connectivity index (χ2v) is 6.74. The number of nitrogens with one attached hydrogen (secondary N) is 1. The molecule has 0 aliphatic rings. The normalized spacial score (nSPS) is 10.7. The highest BCUT2D eigenvalue weighted by atomic mass is 79.9. The van der Waals surface area contributed by atoms with Crippen molar-refractivity contribution < 1.29 is 13.9 Å². The number of rotatable bonds is 7. The van der Waals surface area contributed by atoms with Crippen LogP contribution in [0.5, 0.6) is 5.75 Å². The molecular weight excluding hydrogens is 422 g/mol. The molecule has 0 radical (unpaired) electrons. The number of nitrogens with zero attached hydrogens (tertiary/aromatic N) is 2. The van der Waals surface area contributed by atoms with Gasteiger partial charge in [0.15, 0.2) is 5.76 Å². The van der Waals surface area contributed by atoms with Gasteiger partial charge < -0.3 is 14.5 Å². The summed E-state index contributed by atoms with van der Waals surface area (Å²) in [7, 11) is 0. The first-order valence-corrected chi connectivity index (χ1v) is 9.19. The summed E-state index contributed by atoms with van der Waals surface area (Å²) in [5.41, 5.74) is 0.900. The van der Waals surface area contributed by atoms with Crippen LogP contribution in [-0.4, -0.2) is 15.7 Å². The number of furan rings is 1. The van der Waals surface area contributed by atoms with Gasteiger partial charge in [0.05, 0.1) is 22.9 Å². The highest BCUT2D eigenvalue weighted by Crippen LogP contribution is 2.19. The molecule has 0 aliphatic carbocycles. The van der Waals surface area contributed by atoms with Gasteiger partial charge in [-0.25, -0.2) is 0 Å². The molecule has 0 bridgehead atoms. The van der Waals surface area contributed by atoms with Crippen molar-refractivity contribution in [3.8, 4) is 5.75 Å². The van der Waals surface area contributed by atoms with Crippen LogP contribution in [0, 0.1) is 0 Å². The first-order chi connectivity index (χ1) is 12.6. The van der Waals surface area contributed by atoms with Crippen molar-refractivity contribution in [3.05, 3.63) is 69.3 Å². The van der Waals surface area contributed by atoms with E-state index in [9.17, 15) is 4.79 Å². The van der Waals surface area contributed by atoms with Crippen molar-refractivity contribution in [3.63, 3.8) is 0 Å². The minimum absolute atomic E-state index is 0.210. The zero-order valence-corrected chi connectivity index (χ0v) is 16.4. The third-order valence-corrected chi connectivity index (χ3v) is 4.57. The van der Waals surface area contributed by atoms with Gasteiger partial charge in [-0.05, 0) is 53.2 Å². The number of ether oxygens (including phenoxy) is 1. The second-order valence-electron chi connectivity index (χ2n) is 5.45. The standard InChI is InChI=1S/C18H17BrClN3O3/c1-2-23-16(15(19)9-22-23)10-21-18(24)17-7-6-14(26-17)11-25-13-5-3-4-12(20)8-13/h3-9H,2,10-11H2,1H3,(H,21,24). The number of benzene rings is 1. The van der Waals surface area contributed by atoms with Gasteiger partial charge in [0.2, 0.25) is 0 Å². The summed E-state index contributed by atoms with van der Waals surface area (Å²) in [6, 6.07) is 10.4. The largest absolute Gasteiger partial charge is 0.486 e. The quantitative estimate of drug-likeness (QED) is 0.593. The van der Waals surface area contributed by atoms with E-state index in [2.05, 4.69) is 26.3 Å². The summed E-state index contributed by atoms with van der Waals surface area (Å²) in [5.74, 6) is 1.12. The molecule has 1 amide bonds. The van der Waals surface area contributed by atoms with E-state index >= 15 is 0 Å². The van der Waals surface area contributed by atoms with Gasteiger partial charge in [-0.3, -0.25) is 9.48 Å². The molecule has 2 heterocycles. The fraction of sp³-hybridized carbons (Fsp3) is 0.222. The van der Waals surface area contributed by atoms with Gasteiger partial charge in [-0.2, -0.15) is 5.10 Å². The van der Waals surface area contributed by atoms with Crippen LogP contribution in [0.4, 0.5) is 0 Å². The molecule has 0 spiro atoms. The number of halogens is 2. The van der Waals surface area contributed by atoms with Gasteiger partial charge in [0.1, 0.15) is 18.1 Å². The molecule has 0 fully saturated rings. The zero-order valence-electron chi connectivity index (χ0n) is 14.0. The molecule has 0 aliphatic heterocycles. The monoisotopic (exact) mass is 437 g/mol. The predicted molar refractivity (Wildman–Crippen MR) is 101 cm³/mol. The highest BCUT2D eigenvalue weighted by molar-refractivity contribution is 9.10. The average Bonchev–Trinajstić information content (AvgIpc) is 3.24. The molecule has 26 heavy (non-hydrogen) atoms. The lowest BCUT2D eigenvalue weighted by Crippen LogP contribution is -2.24. The number of amides is 1. The minimum Gasteiger partial charge on any atom is -0.486 e. The van der Waals surface area contributed by atoms with Crippen LogP contribution in [0.15, 0.2) is 51.5 Å². The van der Waals surface area contributed by atoms with E-state index in [-0.39, 0.29) is 18.3 Å². The molecule has 0 unspecified atom stereocenters. The number of hydrogen-bond donors (Lipinski definition) is 1. The first kappa shape index (κ1) is 18.5. The number of carbonyl (C=O) groups excluding carboxylic acids is 1. The summed E-state index contributed by atoms with van der Waals surface area (Å²) in [6.07, 6.45) is 1.71. The summed E-state index contributed by atoms with van der Waals surface area (Å²) in [5, 5.41) is 7.64. The topological polar surface area (TPSA) is 69.3 Å². The molecule has 1 N–H and O–H groups in total. The molecule has 0 atom stereocenters. The Morgan fingerprint density at radius 2 is 2.23 bits per heavy atom. The van der Waals surface area contributed by atoms with E-state index in [0.717, 1.165) is 16.7 Å². The van der Waals surface area contributed by atoms with Crippen LogP contribution in [0.1, 0.15) is 28.9 Å². The Bertz CT molecular complexity index is 907. The number of carbonyl (C=O) groups is 1. The number of aromatic nitrogens is 2. The van der Waals surface area contributed by atoms with Crippen LogP contribution in [0.3, 0.4) is 0 Å². The average molecular weight is 439 g/mol. The fourth-order valence-electron chi connectivity index (χ4n) is 2.38. The Hall–Kier alpha value is -2.25. The van der Waals surface area contributed by atoms with Gasteiger partial charge >= 0.3 is 0 Å². The van der Waals surface area contributed by atoms with Crippen LogP contribution < -0.4 is 10.1 Å². The lowest BCUT2D eigenvalue weighted by molar-refractivity contribution is 0.0918. The van der Waals surface area contributed by atoms with Crippen LogP contribution in [0.25, 0.3) is 0 Å². The van der Waals surface area contributed by atoms with E-state index < -0.39 is 0 Å². The Morgan fingerprint density at radius 3 is 3.00 bits per heavy atom. The maximum atomic E-state index is 12.3. The number of aryl methyl sites for hydroxylation is 1. The van der Waals surface area contributed by atoms with Gasteiger partial charge in [0, 0.05) is 11.6 Å². The molecule has 0 saturated carbocycles. The van der Waals surface area contributed by atoms with E-state index in [4.69, 9.17) is 20.8 Å². The minimum atomic E-state index is -0.297. The SMILES string of the molecule is CCn1ncc(Br)c1CNC(=O)c1ccc(COc2cccc(Cl)c2)o1. The molecule has 6 nitrogen and oxygen atoms in total. The molecule has 3 rings (SSSR count). The van der Waals surface area contributed by atoms with Crippen molar-refractivity contribution in [1.29, 1.82) is 0 Å². The van der Waals surface area contributed by atoms with Crippen molar-refractivity contribution in [2.45, 2.75) is 26.6 Å². The van der Waals surface area contributed by atoms with Gasteiger partial charge in [-0.15, -0.1) is 0 Å². The van der Waals surface area contributed by atoms with Crippen LogP contribution >= 0.6 is 27.5 Å². The van der Waals surface area contributed by atoms with E-state index in [0.29, 0.717) is 23.1 Å². The van der Waals surface area contributed by atoms with Crippen LogP contribution in [0.2, 0.25) is 5.02 Å². The maximum absolute atomic E-state index is 12.3. The molecule has 2 aromatic heterocycles. The smallest absolute Gasteiger partial charge is 0.287 e. The summed E-state index contributed by atoms with van der Waals surface area (Å²) < 4.78 is 13.8. The molecule has 8 heteroatoms.